The molecule has 33 heavy (non-hydrogen) atoms. The summed E-state index contributed by atoms with van der Waals surface area (Å²) < 4.78 is 27.1. The number of hydrogen-bond acceptors (Lipinski definition) is 4. The van der Waals surface area contributed by atoms with Gasteiger partial charge in [-0.3, -0.25) is 24.3 Å². The van der Waals surface area contributed by atoms with E-state index in [1.165, 1.54) is 29.2 Å². The summed E-state index contributed by atoms with van der Waals surface area (Å²) in [4.78, 5) is 31.6. The Labute approximate surface area is 193 Å². The number of rotatable bonds is 5. The Bertz CT molecular complexity index is 934. The maximum atomic E-state index is 13.5. The van der Waals surface area contributed by atoms with Crippen molar-refractivity contribution in [2.24, 2.45) is 11.8 Å². The van der Waals surface area contributed by atoms with Gasteiger partial charge in [0, 0.05) is 26.2 Å². The molecule has 0 aromatic heterocycles. The number of piperazine rings is 1. The summed E-state index contributed by atoms with van der Waals surface area (Å²) in [5.74, 6) is -0.808. The summed E-state index contributed by atoms with van der Waals surface area (Å²) >= 11 is 0. The summed E-state index contributed by atoms with van der Waals surface area (Å²) in [5, 5.41) is 0. The van der Waals surface area contributed by atoms with E-state index in [9.17, 15) is 18.4 Å². The highest BCUT2D eigenvalue weighted by Crippen LogP contribution is 2.38. The molecule has 0 radical (unpaired) electrons. The Morgan fingerprint density at radius 1 is 0.727 bits per heavy atom. The van der Waals surface area contributed by atoms with Crippen LogP contribution in [0.1, 0.15) is 42.9 Å². The molecule has 0 N–H and O–H groups in total. The van der Waals surface area contributed by atoms with Gasteiger partial charge in [-0.15, -0.1) is 0 Å². The SMILES string of the molecule is O=C1[C@H]2CCCC[C@@H]2C(=O)N1CN1CCN(C(c2ccc(F)cc2)c2ccc(F)cc2)CC1. The van der Waals surface area contributed by atoms with E-state index in [4.69, 9.17) is 0 Å². The summed E-state index contributed by atoms with van der Waals surface area (Å²) in [5.41, 5.74) is 1.90. The lowest BCUT2D eigenvalue weighted by Crippen LogP contribution is -2.52. The van der Waals surface area contributed by atoms with Gasteiger partial charge in [-0.05, 0) is 48.2 Å². The van der Waals surface area contributed by atoms with Crippen LogP contribution < -0.4 is 0 Å². The van der Waals surface area contributed by atoms with E-state index < -0.39 is 0 Å². The van der Waals surface area contributed by atoms with Crippen LogP contribution in [0.15, 0.2) is 48.5 Å². The van der Waals surface area contributed by atoms with Crippen molar-refractivity contribution >= 4 is 11.8 Å². The molecule has 2 aromatic rings. The average molecular weight is 454 g/mol. The zero-order valence-electron chi connectivity index (χ0n) is 18.6. The van der Waals surface area contributed by atoms with Gasteiger partial charge in [-0.1, -0.05) is 37.1 Å². The van der Waals surface area contributed by atoms with Crippen molar-refractivity contribution in [2.75, 3.05) is 32.8 Å². The first-order valence-electron chi connectivity index (χ1n) is 11.8. The molecule has 2 atom stereocenters. The van der Waals surface area contributed by atoms with Crippen molar-refractivity contribution in [1.82, 2.24) is 14.7 Å². The second-order valence-electron chi connectivity index (χ2n) is 9.40. The Hall–Kier alpha value is -2.64. The molecule has 174 valence electrons. The lowest BCUT2D eigenvalue weighted by Gasteiger charge is -2.40. The van der Waals surface area contributed by atoms with Gasteiger partial charge in [0.15, 0.2) is 0 Å². The topological polar surface area (TPSA) is 43.9 Å². The molecule has 3 fully saturated rings. The number of fused-ring (bicyclic) bond motifs is 1. The lowest BCUT2D eigenvalue weighted by atomic mass is 9.81. The zero-order valence-corrected chi connectivity index (χ0v) is 18.6. The highest BCUT2D eigenvalue weighted by Gasteiger charge is 2.48. The van der Waals surface area contributed by atoms with Crippen LogP contribution >= 0.6 is 0 Å². The minimum absolute atomic E-state index is 0.00244. The fraction of sp³-hybridized carbons (Fsp3) is 0.462. The van der Waals surface area contributed by atoms with Crippen LogP contribution in [0.25, 0.3) is 0 Å². The molecule has 2 saturated heterocycles. The van der Waals surface area contributed by atoms with Crippen LogP contribution in [0.5, 0.6) is 0 Å². The third kappa shape index (κ3) is 4.44. The lowest BCUT2D eigenvalue weighted by molar-refractivity contribution is -0.142. The van der Waals surface area contributed by atoms with Crippen LogP contribution in [0, 0.1) is 23.5 Å². The van der Waals surface area contributed by atoms with Crippen molar-refractivity contribution in [3.63, 3.8) is 0 Å². The Kier molecular flexibility index (Phi) is 6.25. The van der Waals surface area contributed by atoms with E-state index in [0.717, 1.165) is 49.9 Å². The number of imide groups is 1. The van der Waals surface area contributed by atoms with Gasteiger partial charge < -0.3 is 0 Å². The van der Waals surface area contributed by atoms with Crippen molar-refractivity contribution < 1.29 is 18.4 Å². The quantitative estimate of drug-likeness (QED) is 0.646. The molecular formula is C26H29F2N3O2. The molecule has 1 saturated carbocycles. The van der Waals surface area contributed by atoms with E-state index in [1.807, 2.05) is 0 Å². The van der Waals surface area contributed by atoms with E-state index >= 15 is 0 Å². The highest BCUT2D eigenvalue weighted by molar-refractivity contribution is 6.05. The van der Waals surface area contributed by atoms with E-state index in [1.54, 1.807) is 24.3 Å². The van der Waals surface area contributed by atoms with Gasteiger partial charge in [-0.2, -0.15) is 0 Å². The summed E-state index contributed by atoms with van der Waals surface area (Å²) in [6, 6.07) is 12.8. The first kappa shape index (κ1) is 22.2. The second-order valence-corrected chi connectivity index (χ2v) is 9.40. The molecule has 3 aliphatic rings. The molecule has 2 amide bonds. The fourth-order valence-electron chi connectivity index (χ4n) is 5.64. The van der Waals surface area contributed by atoms with Crippen molar-refractivity contribution in [1.29, 1.82) is 0 Å². The summed E-state index contributed by atoms with van der Waals surface area (Å²) in [6.07, 6.45) is 3.72. The van der Waals surface area contributed by atoms with Crippen LogP contribution in [-0.2, 0) is 9.59 Å². The normalized spacial score (nSPS) is 24.5. The number of carbonyl (C=O) groups is 2. The first-order chi connectivity index (χ1) is 16.0. The number of carbonyl (C=O) groups excluding carboxylic acids is 2. The predicted octanol–water partition coefficient (Wildman–Crippen LogP) is 3.80. The third-order valence-corrected chi connectivity index (χ3v) is 7.42. The van der Waals surface area contributed by atoms with Crippen LogP contribution in [0.3, 0.4) is 0 Å². The largest absolute Gasteiger partial charge is 0.290 e. The Morgan fingerprint density at radius 3 is 1.64 bits per heavy atom. The van der Waals surface area contributed by atoms with Crippen molar-refractivity contribution in [3.8, 4) is 0 Å². The molecule has 7 heteroatoms. The van der Waals surface area contributed by atoms with Gasteiger partial charge in [-0.25, -0.2) is 8.78 Å². The second kappa shape index (κ2) is 9.31. The van der Waals surface area contributed by atoms with Crippen molar-refractivity contribution in [2.45, 2.75) is 31.7 Å². The molecule has 0 unspecified atom stereocenters. The van der Waals surface area contributed by atoms with E-state index in [0.29, 0.717) is 19.8 Å². The molecule has 2 heterocycles. The number of halogens is 2. The number of nitrogens with zero attached hydrogens (tertiary/aromatic N) is 3. The van der Waals surface area contributed by atoms with Gasteiger partial charge in [0.25, 0.3) is 0 Å². The van der Waals surface area contributed by atoms with Gasteiger partial charge in [0.2, 0.25) is 11.8 Å². The van der Waals surface area contributed by atoms with Gasteiger partial charge in [0.05, 0.1) is 24.5 Å². The van der Waals surface area contributed by atoms with Gasteiger partial charge in [0.1, 0.15) is 11.6 Å². The number of benzene rings is 2. The molecule has 5 nitrogen and oxygen atoms in total. The highest BCUT2D eigenvalue weighted by atomic mass is 19.1. The standard InChI is InChI=1S/C26H29F2N3O2/c27-20-9-5-18(6-10-20)24(19-7-11-21(28)12-8-19)30-15-13-29(14-16-30)17-31-25(32)22-3-1-2-4-23(22)26(31)33/h5-12,22-24H,1-4,13-17H2/t22-,23-/m0/s1. The molecule has 1 aliphatic carbocycles. The summed E-state index contributed by atoms with van der Waals surface area (Å²) in [7, 11) is 0. The average Bonchev–Trinajstić information content (AvgIpc) is 3.08. The molecule has 0 spiro atoms. The maximum Gasteiger partial charge on any atom is 0.234 e. The Balaban J connectivity index is 1.28. The number of hydrogen-bond donors (Lipinski definition) is 0. The van der Waals surface area contributed by atoms with Crippen LogP contribution in [-0.4, -0.2) is 59.4 Å². The zero-order chi connectivity index (χ0) is 22.9. The molecule has 0 bridgehead atoms. The molecule has 5 rings (SSSR count). The Morgan fingerprint density at radius 2 is 1.18 bits per heavy atom. The van der Waals surface area contributed by atoms with Crippen LogP contribution in [0.2, 0.25) is 0 Å². The van der Waals surface area contributed by atoms with Gasteiger partial charge >= 0.3 is 0 Å². The van der Waals surface area contributed by atoms with Crippen LogP contribution in [0.4, 0.5) is 8.78 Å². The van der Waals surface area contributed by atoms with E-state index in [-0.39, 0.29) is 41.3 Å². The van der Waals surface area contributed by atoms with Crippen molar-refractivity contribution in [3.05, 3.63) is 71.3 Å². The smallest absolute Gasteiger partial charge is 0.234 e. The summed E-state index contributed by atoms with van der Waals surface area (Å²) in [6.45, 7) is 3.23. The molecular weight excluding hydrogens is 424 g/mol. The number of likely N-dealkylation sites (tertiary alicyclic amines) is 1. The minimum atomic E-state index is -0.290. The fourth-order valence-corrected chi connectivity index (χ4v) is 5.64. The predicted molar refractivity (Wildman–Crippen MR) is 120 cm³/mol. The number of amides is 2. The monoisotopic (exact) mass is 453 g/mol. The third-order valence-electron chi connectivity index (χ3n) is 7.42. The molecule has 2 aromatic carbocycles. The minimum Gasteiger partial charge on any atom is -0.290 e. The molecule has 2 aliphatic heterocycles. The van der Waals surface area contributed by atoms with E-state index in [2.05, 4.69) is 9.80 Å². The first-order valence-corrected chi connectivity index (χ1v) is 11.8. The maximum absolute atomic E-state index is 13.5.